The highest BCUT2D eigenvalue weighted by molar-refractivity contribution is 7.90. The molecule has 2 rings (SSSR count). The minimum atomic E-state index is -3.11. The van der Waals surface area contributed by atoms with Crippen molar-refractivity contribution < 1.29 is 8.42 Å². The van der Waals surface area contributed by atoms with Gasteiger partial charge in [0.1, 0.15) is 0 Å². The molecule has 1 aliphatic rings. The zero-order chi connectivity index (χ0) is 13.9. The molecule has 1 saturated carbocycles. The Morgan fingerprint density at radius 3 is 2.79 bits per heavy atom. The maximum Gasteiger partial charge on any atom is 0.156 e. The lowest BCUT2D eigenvalue weighted by atomic mass is 10.2. The Morgan fingerprint density at radius 2 is 2.16 bits per heavy atom. The van der Waals surface area contributed by atoms with Gasteiger partial charge in [0.25, 0.3) is 0 Å². The van der Waals surface area contributed by atoms with Crippen molar-refractivity contribution >= 4 is 9.84 Å². The van der Waals surface area contributed by atoms with Crippen LogP contribution in [-0.4, -0.2) is 30.5 Å². The lowest BCUT2D eigenvalue weighted by Gasteiger charge is -2.10. The van der Waals surface area contributed by atoms with E-state index in [1.165, 1.54) is 12.8 Å². The molecule has 1 heterocycles. The van der Waals surface area contributed by atoms with E-state index >= 15 is 0 Å². The van der Waals surface area contributed by atoms with Crippen LogP contribution in [0.3, 0.4) is 0 Å². The second-order valence-electron chi connectivity index (χ2n) is 5.62. The molecule has 19 heavy (non-hydrogen) atoms. The second-order valence-corrected chi connectivity index (χ2v) is 7.73. The molecule has 0 amide bonds. The van der Waals surface area contributed by atoms with Crippen molar-refractivity contribution in [1.82, 2.24) is 9.78 Å². The monoisotopic (exact) mass is 285 g/mol. The Labute approximate surface area is 115 Å². The van der Waals surface area contributed by atoms with Crippen LogP contribution in [0.1, 0.15) is 44.3 Å². The van der Waals surface area contributed by atoms with Crippen LogP contribution >= 0.6 is 0 Å². The third-order valence-electron chi connectivity index (χ3n) is 3.67. The average molecular weight is 285 g/mol. The predicted octanol–water partition coefficient (Wildman–Crippen LogP) is 1.51. The standard InChI is InChI=1S/C13H23N3O2S/c1-11(8-14)9-19(17,18)10-12-6-7-16(15-12)13-4-2-3-5-13/h6-7,11,13H,2-5,8-10,14H2,1H3. The Kier molecular flexibility index (Phi) is 4.62. The fourth-order valence-electron chi connectivity index (χ4n) is 2.61. The van der Waals surface area contributed by atoms with Gasteiger partial charge in [-0.05, 0) is 31.4 Å². The lowest BCUT2D eigenvalue weighted by Crippen LogP contribution is -2.22. The number of hydrogen-bond donors (Lipinski definition) is 1. The summed E-state index contributed by atoms with van der Waals surface area (Å²) in [7, 11) is -3.11. The Morgan fingerprint density at radius 1 is 1.47 bits per heavy atom. The first-order chi connectivity index (χ1) is 9.00. The van der Waals surface area contributed by atoms with Crippen molar-refractivity contribution in [2.24, 2.45) is 11.7 Å². The van der Waals surface area contributed by atoms with Crippen LogP contribution in [0.4, 0.5) is 0 Å². The molecule has 1 atom stereocenters. The van der Waals surface area contributed by atoms with E-state index < -0.39 is 9.84 Å². The van der Waals surface area contributed by atoms with E-state index in [0.717, 1.165) is 12.8 Å². The average Bonchev–Trinajstić information content (AvgIpc) is 2.97. The first kappa shape index (κ1) is 14.5. The third kappa shape index (κ3) is 4.04. The summed E-state index contributed by atoms with van der Waals surface area (Å²) in [5.41, 5.74) is 6.12. The fraction of sp³-hybridized carbons (Fsp3) is 0.769. The molecule has 0 bridgehead atoms. The summed E-state index contributed by atoms with van der Waals surface area (Å²) in [4.78, 5) is 0. The number of hydrogen-bond acceptors (Lipinski definition) is 4. The first-order valence-corrected chi connectivity index (χ1v) is 8.77. The number of sulfone groups is 1. The predicted molar refractivity (Wildman–Crippen MR) is 75.4 cm³/mol. The lowest BCUT2D eigenvalue weighted by molar-refractivity contribution is 0.464. The van der Waals surface area contributed by atoms with Crippen molar-refractivity contribution in [3.05, 3.63) is 18.0 Å². The van der Waals surface area contributed by atoms with Crippen molar-refractivity contribution in [2.45, 2.75) is 44.4 Å². The van der Waals surface area contributed by atoms with Crippen molar-refractivity contribution in [3.63, 3.8) is 0 Å². The minimum absolute atomic E-state index is 0.00178. The zero-order valence-electron chi connectivity index (χ0n) is 11.5. The van der Waals surface area contributed by atoms with Gasteiger partial charge in [0.05, 0.1) is 23.2 Å². The summed E-state index contributed by atoms with van der Waals surface area (Å²) < 4.78 is 25.9. The Balaban J connectivity index is 1.99. The Bertz CT molecular complexity index is 504. The summed E-state index contributed by atoms with van der Waals surface area (Å²) in [6, 6.07) is 2.28. The topological polar surface area (TPSA) is 78.0 Å². The van der Waals surface area contributed by atoms with Crippen LogP contribution in [0.5, 0.6) is 0 Å². The van der Waals surface area contributed by atoms with Gasteiger partial charge in [-0.3, -0.25) is 4.68 Å². The molecule has 1 aromatic heterocycles. The fourth-order valence-corrected chi connectivity index (χ4v) is 4.34. The highest BCUT2D eigenvalue weighted by Crippen LogP contribution is 2.28. The molecule has 0 aliphatic heterocycles. The van der Waals surface area contributed by atoms with Crippen LogP contribution in [0.25, 0.3) is 0 Å². The molecular formula is C13H23N3O2S. The summed E-state index contributed by atoms with van der Waals surface area (Å²) in [5.74, 6) is 0.165. The molecule has 1 unspecified atom stereocenters. The maximum absolute atomic E-state index is 12.0. The quantitative estimate of drug-likeness (QED) is 0.859. The van der Waals surface area contributed by atoms with Crippen LogP contribution in [-0.2, 0) is 15.6 Å². The van der Waals surface area contributed by atoms with E-state index in [4.69, 9.17) is 5.73 Å². The molecule has 108 valence electrons. The molecule has 0 saturated heterocycles. The van der Waals surface area contributed by atoms with Gasteiger partial charge in [-0.2, -0.15) is 5.10 Å². The normalized spacial score (nSPS) is 18.8. The largest absolute Gasteiger partial charge is 0.330 e. The van der Waals surface area contributed by atoms with E-state index in [9.17, 15) is 8.42 Å². The molecule has 6 heteroatoms. The molecule has 0 aromatic carbocycles. The molecule has 0 radical (unpaired) electrons. The second kappa shape index (κ2) is 6.05. The number of nitrogens with zero attached hydrogens (tertiary/aromatic N) is 2. The van der Waals surface area contributed by atoms with Crippen LogP contribution in [0, 0.1) is 5.92 Å². The summed E-state index contributed by atoms with van der Waals surface area (Å²) in [6.07, 6.45) is 6.70. The smallest absolute Gasteiger partial charge is 0.156 e. The molecule has 5 nitrogen and oxygen atoms in total. The molecule has 1 aromatic rings. The van der Waals surface area contributed by atoms with Crippen LogP contribution in [0.15, 0.2) is 12.3 Å². The van der Waals surface area contributed by atoms with Gasteiger partial charge in [-0.25, -0.2) is 8.42 Å². The van der Waals surface area contributed by atoms with Gasteiger partial charge in [0.2, 0.25) is 0 Å². The zero-order valence-corrected chi connectivity index (χ0v) is 12.3. The van der Waals surface area contributed by atoms with Crippen LogP contribution < -0.4 is 5.73 Å². The van der Waals surface area contributed by atoms with E-state index in [1.807, 2.05) is 23.9 Å². The Hall–Kier alpha value is -0.880. The van der Waals surface area contributed by atoms with Gasteiger partial charge in [-0.1, -0.05) is 19.8 Å². The number of nitrogens with two attached hydrogens (primary N) is 1. The van der Waals surface area contributed by atoms with Gasteiger partial charge >= 0.3 is 0 Å². The third-order valence-corrected chi connectivity index (χ3v) is 5.48. The van der Waals surface area contributed by atoms with E-state index in [1.54, 1.807) is 0 Å². The molecule has 1 aliphatic carbocycles. The highest BCUT2D eigenvalue weighted by Gasteiger charge is 2.20. The number of rotatable bonds is 6. The van der Waals surface area contributed by atoms with E-state index in [-0.39, 0.29) is 17.4 Å². The minimum Gasteiger partial charge on any atom is -0.330 e. The van der Waals surface area contributed by atoms with Gasteiger partial charge in [-0.15, -0.1) is 0 Å². The molecule has 1 fully saturated rings. The molecule has 0 spiro atoms. The van der Waals surface area contributed by atoms with E-state index in [2.05, 4.69) is 5.10 Å². The van der Waals surface area contributed by atoms with Crippen molar-refractivity contribution in [1.29, 1.82) is 0 Å². The number of aromatic nitrogens is 2. The summed E-state index contributed by atoms with van der Waals surface area (Å²) in [5, 5.41) is 4.42. The SMILES string of the molecule is CC(CN)CS(=O)(=O)Cc1ccn(C2CCCC2)n1. The van der Waals surface area contributed by atoms with Crippen molar-refractivity contribution in [2.75, 3.05) is 12.3 Å². The summed E-state index contributed by atoms with van der Waals surface area (Å²) in [6.45, 7) is 2.25. The maximum atomic E-state index is 12.0. The highest BCUT2D eigenvalue weighted by atomic mass is 32.2. The van der Waals surface area contributed by atoms with Crippen molar-refractivity contribution in [3.8, 4) is 0 Å². The first-order valence-electron chi connectivity index (χ1n) is 6.94. The van der Waals surface area contributed by atoms with Gasteiger partial charge in [0.15, 0.2) is 9.84 Å². The van der Waals surface area contributed by atoms with Gasteiger partial charge < -0.3 is 5.73 Å². The molecule has 2 N–H and O–H groups in total. The van der Waals surface area contributed by atoms with E-state index in [0.29, 0.717) is 18.3 Å². The summed E-state index contributed by atoms with van der Waals surface area (Å²) >= 11 is 0. The van der Waals surface area contributed by atoms with Gasteiger partial charge in [0, 0.05) is 6.20 Å². The molecular weight excluding hydrogens is 262 g/mol. The van der Waals surface area contributed by atoms with Crippen LogP contribution in [0.2, 0.25) is 0 Å².